The molecule has 0 bridgehead atoms. The van der Waals surface area contributed by atoms with Crippen molar-refractivity contribution in [3.63, 3.8) is 0 Å². The molecule has 0 unspecified atom stereocenters. The summed E-state index contributed by atoms with van der Waals surface area (Å²) < 4.78 is 0. The summed E-state index contributed by atoms with van der Waals surface area (Å²) in [6.07, 6.45) is 0.793. The minimum atomic E-state index is -1.05. The number of rotatable bonds is 3. The molecule has 1 aromatic heterocycles. The Morgan fingerprint density at radius 3 is 2.52 bits per heavy atom. The van der Waals surface area contributed by atoms with Crippen LogP contribution in [0.3, 0.4) is 0 Å². The molecule has 5 nitrogen and oxygen atoms in total. The van der Waals surface area contributed by atoms with E-state index < -0.39 is 29.3 Å². The molecule has 0 spiro atoms. The van der Waals surface area contributed by atoms with E-state index in [1.807, 2.05) is 54.5 Å². The van der Waals surface area contributed by atoms with E-state index in [1.54, 1.807) is 11.3 Å². The highest BCUT2D eigenvalue weighted by atomic mass is 32.1. The smallest absolute Gasteiger partial charge is 0.333 e. The Kier molecular flexibility index (Phi) is 4.11. The molecule has 27 heavy (non-hydrogen) atoms. The quantitative estimate of drug-likeness (QED) is 0.845. The lowest BCUT2D eigenvalue weighted by Crippen LogP contribution is -2.59. The van der Waals surface area contributed by atoms with E-state index in [1.165, 1.54) is 5.56 Å². The van der Waals surface area contributed by atoms with Crippen LogP contribution in [-0.4, -0.2) is 33.6 Å². The molecular weight excluding hydrogens is 362 g/mol. The summed E-state index contributed by atoms with van der Waals surface area (Å²) in [6, 6.07) is 11.2. The fraction of sp³-hybridized carbons (Fsp3) is 0.333. The third-order valence-corrected chi connectivity index (χ3v) is 7.25. The number of hydrogen-bond acceptors (Lipinski definition) is 4. The molecule has 2 N–H and O–H groups in total. The largest absolute Gasteiger partial charge is 0.481 e. The number of hydrogen-bond donors (Lipinski definition) is 2. The van der Waals surface area contributed by atoms with Crippen molar-refractivity contribution in [3.05, 3.63) is 69.1 Å². The Morgan fingerprint density at radius 1 is 1.19 bits per heavy atom. The molecule has 0 saturated heterocycles. The molecule has 0 fully saturated rings. The zero-order valence-electron chi connectivity index (χ0n) is 15.2. The molecule has 2 aliphatic rings. The van der Waals surface area contributed by atoms with Crippen LogP contribution in [0.2, 0.25) is 0 Å². The van der Waals surface area contributed by atoms with Crippen LogP contribution in [0.25, 0.3) is 0 Å². The SMILES string of the molecule is CC1=C(C(=O)O)[C@@H](c2ccccc2)[C@@H](C(=O)O)[C@@]2(C)c3sccc3CCN12. The van der Waals surface area contributed by atoms with Crippen molar-refractivity contribution >= 4 is 23.3 Å². The second-order valence-electron chi connectivity index (χ2n) is 7.33. The Balaban J connectivity index is 2.04. The number of benzene rings is 1. The predicted molar refractivity (Wildman–Crippen MR) is 103 cm³/mol. The lowest BCUT2D eigenvalue weighted by molar-refractivity contribution is -0.150. The number of carboxylic acid groups (broad SMARTS) is 2. The van der Waals surface area contributed by atoms with Gasteiger partial charge in [-0.15, -0.1) is 11.3 Å². The third kappa shape index (κ3) is 2.43. The zero-order chi connectivity index (χ0) is 19.3. The summed E-state index contributed by atoms with van der Waals surface area (Å²) >= 11 is 1.56. The van der Waals surface area contributed by atoms with Crippen molar-refractivity contribution in [3.8, 4) is 0 Å². The van der Waals surface area contributed by atoms with Crippen LogP contribution in [0, 0.1) is 5.92 Å². The van der Waals surface area contributed by atoms with Gasteiger partial charge in [-0.1, -0.05) is 30.3 Å². The van der Waals surface area contributed by atoms with Crippen LogP contribution in [-0.2, 0) is 21.5 Å². The molecular formula is C21H21NO4S. The molecule has 0 radical (unpaired) electrons. The molecule has 3 atom stereocenters. The summed E-state index contributed by atoms with van der Waals surface area (Å²) in [5.41, 5.74) is 1.97. The van der Waals surface area contributed by atoms with Gasteiger partial charge in [0.25, 0.3) is 0 Å². The van der Waals surface area contributed by atoms with Gasteiger partial charge in [0.2, 0.25) is 0 Å². The monoisotopic (exact) mass is 383 g/mol. The first-order valence-corrected chi connectivity index (χ1v) is 9.81. The second-order valence-corrected chi connectivity index (χ2v) is 8.25. The normalized spacial score (nSPS) is 27.1. The minimum absolute atomic E-state index is 0.186. The van der Waals surface area contributed by atoms with E-state index in [0.29, 0.717) is 12.2 Å². The summed E-state index contributed by atoms with van der Waals surface area (Å²) in [5.74, 6) is -3.63. The Morgan fingerprint density at radius 2 is 1.89 bits per heavy atom. The van der Waals surface area contributed by atoms with Gasteiger partial charge >= 0.3 is 11.9 Å². The summed E-state index contributed by atoms with van der Waals surface area (Å²) in [4.78, 5) is 27.8. The minimum Gasteiger partial charge on any atom is -0.481 e. The summed E-state index contributed by atoms with van der Waals surface area (Å²) in [5, 5.41) is 22.3. The van der Waals surface area contributed by atoms with Gasteiger partial charge in [0.15, 0.2) is 0 Å². The molecule has 6 heteroatoms. The van der Waals surface area contributed by atoms with Crippen molar-refractivity contribution < 1.29 is 19.8 Å². The van der Waals surface area contributed by atoms with Gasteiger partial charge in [-0.2, -0.15) is 0 Å². The van der Waals surface area contributed by atoms with Crippen LogP contribution in [0.4, 0.5) is 0 Å². The van der Waals surface area contributed by atoms with Crippen LogP contribution in [0.15, 0.2) is 53.0 Å². The van der Waals surface area contributed by atoms with Crippen molar-refractivity contribution in [2.45, 2.75) is 31.7 Å². The first kappa shape index (κ1) is 17.8. The summed E-state index contributed by atoms with van der Waals surface area (Å²) in [7, 11) is 0. The van der Waals surface area contributed by atoms with E-state index in [2.05, 4.69) is 6.07 Å². The Hall–Kier alpha value is -2.60. The fourth-order valence-electron chi connectivity index (χ4n) is 4.94. The number of thiophene rings is 1. The van der Waals surface area contributed by atoms with E-state index in [-0.39, 0.29) is 5.57 Å². The predicted octanol–water partition coefficient (Wildman–Crippen LogP) is 3.68. The van der Waals surface area contributed by atoms with Gasteiger partial charge < -0.3 is 15.1 Å². The number of aliphatic carboxylic acids is 2. The van der Waals surface area contributed by atoms with Gasteiger partial charge in [0.05, 0.1) is 17.0 Å². The second kappa shape index (κ2) is 6.23. The van der Waals surface area contributed by atoms with E-state index in [4.69, 9.17) is 0 Å². The van der Waals surface area contributed by atoms with Crippen molar-refractivity contribution in [2.75, 3.05) is 6.54 Å². The molecule has 3 heterocycles. The van der Waals surface area contributed by atoms with Gasteiger partial charge in [0.1, 0.15) is 0 Å². The average Bonchev–Trinajstić information content (AvgIpc) is 3.11. The standard InChI is InChI=1S/C21H21NO4S/c1-12-15(19(23)24)16(13-6-4-3-5-7-13)17(20(25)26)21(2)18-14(9-11-27-18)8-10-22(12)21/h3-7,9,11,16-17H,8,10H2,1-2H3,(H,23,24)(H,25,26)/t16-,17+,21+/m1/s1. The Bertz CT molecular complexity index is 948. The van der Waals surface area contributed by atoms with Crippen LogP contribution in [0.1, 0.15) is 35.8 Å². The molecule has 1 aromatic carbocycles. The highest BCUT2D eigenvalue weighted by Crippen LogP contribution is 2.55. The van der Waals surface area contributed by atoms with Gasteiger partial charge in [-0.3, -0.25) is 4.79 Å². The molecule has 0 saturated carbocycles. The molecule has 4 rings (SSSR count). The number of carboxylic acids is 2. The van der Waals surface area contributed by atoms with E-state index in [9.17, 15) is 19.8 Å². The average molecular weight is 383 g/mol. The van der Waals surface area contributed by atoms with Crippen molar-refractivity contribution in [1.29, 1.82) is 0 Å². The fourth-order valence-corrected chi connectivity index (χ4v) is 6.11. The first-order chi connectivity index (χ1) is 12.9. The topological polar surface area (TPSA) is 77.8 Å². The van der Waals surface area contributed by atoms with E-state index in [0.717, 1.165) is 16.9 Å². The molecule has 0 amide bonds. The van der Waals surface area contributed by atoms with Gasteiger partial charge in [-0.25, -0.2) is 4.79 Å². The molecule has 2 aromatic rings. The van der Waals surface area contributed by atoms with Crippen LogP contribution in [0.5, 0.6) is 0 Å². The van der Waals surface area contributed by atoms with Gasteiger partial charge in [0, 0.05) is 23.0 Å². The van der Waals surface area contributed by atoms with Gasteiger partial charge in [-0.05, 0) is 42.8 Å². The highest BCUT2D eigenvalue weighted by molar-refractivity contribution is 7.10. The Labute approximate surface area is 161 Å². The lowest BCUT2D eigenvalue weighted by atomic mass is 9.64. The van der Waals surface area contributed by atoms with Crippen LogP contribution < -0.4 is 0 Å². The lowest BCUT2D eigenvalue weighted by Gasteiger charge is -2.55. The van der Waals surface area contributed by atoms with E-state index >= 15 is 0 Å². The molecule has 2 aliphatic heterocycles. The maximum atomic E-state index is 12.6. The third-order valence-electron chi connectivity index (χ3n) is 6.07. The first-order valence-electron chi connectivity index (χ1n) is 8.93. The number of fused-ring (bicyclic) bond motifs is 3. The van der Waals surface area contributed by atoms with Crippen molar-refractivity contribution in [1.82, 2.24) is 4.90 Å². The zero-order valence-corrected chi connectivity index (χ0v) is 16.0. The summed E-state index contributed by atoms with van der Waals surface area (Å²) in [6.45, 7) is 4.39. The van der Waals surface area contributed by atoms with Crippen LogP contribution >= 0.6 is 11.3 Å². The maximum Gasteiger partial charge on any atom is 0.333 e. The number of allylic oxidation sites excluding steroid dienone is 1. The number of carbonyl (C=O) groups is 2. The molecule has 0 aliphatic carbocycles. The molecule has 140 valence electrons. The highest BCUT2D eigenvalue weighted by Gasteiger charge is 2.57. The number of nitrogens with zero attached hydrogens (tertiary/aromatic N) is 1. The van der Waals surface area contributed by atoms with Crippen molar-refractivity contribution in [2.24, 2.45) is 5.92 Å². The maximum absolute atomic E-state index is 12.6.